The molecule has 0 aliphatic rings. The second-order valence-corrected chi connectivity index (χ2v) is 8.73. The Balaban J connectivity index is 1.92. The molecule has 0 fully saturated rings. The number of nitrogens with one attached hydrogen (secondary N) is 1. The SMILES string of the molecule is CCNC(=O)[C@H](C)N(Cc1ccc(Cl)c(Cl)c1)C(=O)CC(c1ccccc1)c1ccccc1. The van der Waals surface area contributed by atoms with E-state index in [4.69, 9.17) is 23.2 Å². The van der Waals surface area contributed by atoms with Crippen LogP contribution in [0.4, 0.5) is 0 Å². The van der Waals surface area contributed by atoms with Crippen molar-refractivity contribution in [2.24, 2.45) is 0 Å². The van der Waals surface area contributed by atoms with Crippen LogP contribution in [0, 0.1) is 0 Å². The van der Waals surface area contributed by atoms with Gasteiger partial charge in [-0.2, -0.15) is 0 Å². The third kappa shape index (κ3) is 6.59. The van der Waals surface area contributed by atoms with Gasteiger partial charge in [-0.25, -0.2) is 0 Å². The number of hydrogen-bond acceptors (Lipinski definition) is 2. The van der Waals surface area contributed by atoms with Gasteiger partial charge in [0, 0.05) is 25.4 Å². The Hall–Kier alpha value is -2.82. The van der Waals surface area contributed by atoms with Crippen molar-refractivity contribution in [1.82, 2.24) is 10.2 Å². The van der Waals surface area contributed by atoms with Crippen molar-refractivity contribution in [3.63, 3.8) is 0 Å². The Labute approximate surface area is 205 Å². The molecule has 4 nitrogen and oxygen atoms in total. The number of likely N-dealkylation sites (N-methyl/N-ethyl adjacent to an activating group) is 1. The van der Waals surface area contributed by atoms with E-state index in [9.17, 15) is 9.59 Å². The highest BCUT2D eigenvalue weighted by Gasteiger charge is 2.29. The average Bonchev–Trinajstić information content (AvgIpc) is 2.84. The fourth-order valence-corrected chi connectivity index (χ4v) is 4.15. The van der Waals surface area contributed by atoms with Gasteiger partial charge in [0.25, 0.3) is 0 Å². The summed E-state index contributed by atoms with van der Waals surface area (Å²) < 4.78 is 0. The van der Waals surface area contributed by atoms with Gasteiger partial charge in [0.2, 0.25) is 11.8 Å². The highest BCUT2D eigenvalue weighted by Crippen LogP contribution is 2.30. The molecule has 1 atom stereocenters. The van der Waals surface area contributed by atoms with Crippen molar-refractivity contribution < 1.29 is 9.59 Å². The lowest BCUT2D eigenvalue weighted by molar-refractivity contribution is -0.140. The van der Waals surface area contributed by atoms with E-state index in [2.05, 4.69) is 5.32 Å². The fourth-order valence-electron chi connectivity index (χ4n) is 3.83. The monoisotopic (exact) mass is 482 g/mol. The van der Waals surface area contributed by atoms with Crippen molar-refractivity contribution in [3.05, 3.63) is 106 Å². The van der Waals surface area contributed by atoms with Crippen molar-refractivity contribution >= 4 is 35.0 Å². The molecule has 0 aliphatic carbocycles. The number of carbonyl (C=O) groups excluding carboxylic acids is 2. The summed E-state index contributed by atoms with van der Waals surface area (Å²) in [6.45, 7) is 4.36. The fraction of sp³-hybridized carbons (Fsp3) is 0.259. The molecule has 6 heteroatoms. The molecule has 3 rings (SSSR count). The van der Waals surface area contributed by atoms with Crippen LogP contribution in [0.5, 0.6) is 0 Å². The minimum atomic E-state index is -0.640. The van der Waals surface area contributed by atoms with Crippen LogP contribution < -0.4 is 5.32 Å². The minimum absolute atomic E-state index is 0.113. The van der Waals surface area contributed by atoms with Gasteiger partial charge in [-0.05, 0) is 42.7 Å². The summed E-state index contributed by atoms with van der Waals surface area (Å²) in [7, 11) is 0. The number of nitrogens with zero attached hydrogens (tertiary/aromatic N) is 1. The molecule has 0 bridgehead atoms. The minimum Gasteiger partial charge on any atom is -0.355 e. The summed E-state index contributed by atoms with van der Waals surface area (Å²) in [5.74, 6) is -0.433. The van der Waals surface area contributed by atoms with Crippen LogP contribution >= 0.6 is 23.2 Å². The van der Waals surface area contributed by atoms with E-state index >= 15 is 0 Å². The molecule has 0 saturated carbocycles. The van der Waals surface area contributed by atoms with Crippen molar-refractivity contribution in [1.29, 1.82) is 0 Å². The highest BCUT2D eigenvalue weighted by atomic mass is 35.5. The van der Waals surface area contributed by atoms with Crippen LogP contribution in [0.25, 0.3) is 0 Å². The first-order valence-corrected chi connectivity index (χ1v) is 11.8. The molecule has 0 unspecified atom stereocenters. The second-order valence-electron chi connectivity index (χ2n) is 7.92. The van der Waals surface area contributed by atoms with Crippen molar-refractivity contribution in [3.8, 4) is 0 Å². The van der Waals surface area contributed by atoms with Gasteiger partial charge in [0.15, 0.2) is 0 Å². The maximum absolute atomic E-state index is 13.7. The van der Waals surface area contributed by atoms with Gasteiger partial charge in [-0.3, -0.25) is 9.59 Å². The van der Waals surface area contributed by atoms with Crippen molar-refractivity contribution in [2.45, 2.75) is 38.8 Å². The van der Waals surface area contributed by atoms with Crippen LogP contribution in [-0.2, 0) is 16.1 Å². The Kier molecular flexibility index (Phi) is 8.93. The number of halogens is 2. The van der Waals surface area contributed by atoms with Gasteiger partial charge in [0.05, 0.1) is 10.0 Å². The lowest BCUT2D eigenvalue weighted by Crippen LogP contribution is -2.47. The molecule has 33 heavy (non-hydrogen) atoms. The molecule has 172 valence electrons. The Morgan fingerprint density at radius 1 is 0.879 bits per heavy atom. The van der Waals surface area contributed by atoms with Gasteiger partial charge in [-0.1, -0.05) is 89.9 Å². The summed E-state index contributed by atoms with van der Waals surface area (Å²) in [6, 6.07) is 24.6. The first kappa shape index (κ1) is 24.8. The lowest BCUT2D eigenvalue weighted by Gasteiger charge is -2.30. The lowest BCUT2D eigenvalue weighted by atomic mass is 9.88. The predicted molar refractivity (Wildman–Crippen MR) is 135 cm³/mol. The number of carbonyl (C=O) groups is 2. The third-order valence-electron chi connectivity index (χ3n) is 5.64. The predicted octanol–water partition coefficient (Wildman–Crippen LogP) is 6.07. The standard InChI is InChI=1S/C27H28Cl2N2O2/c1-3-30-27(33)19(2)31(18-20-14-15-24(28)25(29)16-20)26(32)17-23(21-10-6-4-7-11-21)22-12-8-5-9-13-22/h4-16,19,23H,3,17-18H2,1-2H3,(H,30,33)/t19-/m0/s1. The maximum atomic E-state index is 13.7. The normalized spacial score (nSPS) is 11.8. The maximum Gasteiger partial charge on any atom is 0.242 e. The number of hydrogen-bond donors (Lipinski definition) is 1. The zero-order valence-electron chi connectivity index (χ0n) is 18.8. The number of benzene rings is 3. The smallest absolute Gasteiger partial charge is 0.242 e. The summed E-state index contributed by atoms with van der Waals surface area (Å²) in [6.07, 6.45) is 0.235. The molecule has 3 aromatic carbocycles. The van der Waals surface area contributed by atoms with E-state index in [0.29, 0.717) is 16.6 Å². The molecule has 2 amide bonds. The molecular weight excluding hydrogens is 455 g/mol. The molecule has 0 aliphatic heterocycles. The van der Waals surface area contributed by atoms with Crippen molar-refractivity contribution in [2.75, 3.05) is 6.54 Å². The summed E-state index contributed by atoms with van der Waals surface area (Å²) in [5.41, 5.74) is 2.92. The first-order chi connectivity index (χ1) is 15.9. The average molecular weight is 483 g/mol. The van der Waals surface area contributed by atoms with E-state index in [0.717, 1.165) is 16.7 Å². The molecule has 0 spiro atoms. The second kappa shape index (κ2) is 11.9. The Morgan fingerprint density at radius 2 is 1.45 bits per heavy atom. The largest absolute Gasteiger partial charge is 0.355 e. The molecule has 0 aromatic heterocycles. The topological polar surface area (TPSA) is 49.4 Å². The van der Waals surface area contributed by atoms with Crippen LogP contribution in [0.15, 0.2) is 78.9 Å². The van der Waals surface area contributed by atoms with E-state index in [-0.39, 0.29) is 30.7 Å². The van der Waals surface area contributed by atoms with Gasteiger partial charge in [0.1, 0.15) is 6.04 Å². The Morgan fingerprint density at radius 3 is 1.97 bits per heavy atom. The molecule has 3 aromatic rings. The summed E-state index contributed by atoms with van der Waals surface area (Å²) in [4.78, 5) is 28.0. The highest BCUT2D eigenvalue weighted by molar-refractivity contribution is 6.42. The third-order valence-corrected chi connectivity index (χ3v) is 6.38. The van der Waals surface area contributed by atoms with Crippen LogP contribution in [-0.4, -0.2) is 29.3 Å². The quantitative estimate of drug-likeness (QED) is 0.402. The first-order valence-electron chi connectivity index (χ1n) is 11.0. The molecular formula is C27H28Cl2N2O2. The number of rotatable bonds is 9. The zero-order valence-corrected chi connectivity index (χ0v) is 20.3. The Bertz CT molecular complexity index is 1030. The van der Waals surface area contributed by atoms with Gasteiger partial charge >= 0.3 is 0 Å². The molecule has 0 heterocycles. The van der Waals surface area contributed by atoms with Crippen LogP contribution in [0.1, 0.15) is 42.9 Å². The van der Waals surface area contributed by atoms with E-state index < -0.39 is 6.04 Å². The summed E-state index contributed by atoms with van der Waals surface area (Å²) >= 11 is 12.3. The van der Waals surface area contributed by atoms with Crippen LogP contribution in [0.2, 0.25) is 10.0 Å². The molecule has 0 radical (unpaired) electrons. The van der Waals surface area contributed by atoms with E-state index in [1.807, 2.05) is 73.7 Å². The van der Waals surface area contributed by atoms with Crippen LogP contribution in [0.3, 0.4) is 0 Å². The number of amides is 2. The van der Waals surface area contributed by atoms with E-state index in [1.165, 1.54) is 0 Å². The van der Waals surface area contributed by atoms with Gasteiger partial charge < -0.3 is 10.2 Å². The molecule has 1 N–H and O–H groups in total. The molecule has 0 saturated heterocycles. The van der Waals surface area contributed by atoms with E-state index in [1.54, 1.807) is 24.0 Å². The van der Waals surface area contributed by atoms with Gasteiger partial charge in [-0.15, -0.1) is 0 Å². The summed E-state index contributed by atoms with van der Waals surface area (Å²) in [5, 5.41) is 3.69. The zero-order chi connectivity index (χ0) is 23.8.